The number of halogens is 1. The molecule has 1 N–H and O–H groups in total. The van der Waals surface area contributed by atoms with E-state index in [4.69, 9.17) is 5.11 Å². The molecule has 0 saturated carbocycles. The number of hydrogen-bond acceptors (Lipinski definition) is 2. The van der Waals surface area contributed by atoms with Gasteiger partial charge in [-0.25, -0.2) is 4.39 Å². The lowest BCUT2D eigenvalue weighted by Gasteiger charge is -2.23. The van der Waals surface area contributed by atoms with Gasteiger partial charge in [0.15, 0.2) is 0 Å². The summed E-state index contributed by atoms with van der Waals surface area (Å²) in [7, 11) is 0. The molecule has 14 heavy (non-hydrogen) atoms. The van der Waals surface area contributed by atoms with Gasteiger partial charge in [-0.3, -0.25) is 4.79 Å². The molecule has 0 radical (unpaired) electrons. The number of thioether (sulfide) groups is 1. The van der Waals surface area contributed by atoms with Crippen LogP contribution in [-0.4, -0.2) is 17.3 Å². The van der Waals surface area contributed by atoms with Crippen LogP contribution in [0.25, 0.3) is 0 Å². The van der Waals surface area contributed by atoms with Gasteiger partial charge in [0, 0.05) is 5.56 Å². The number of benzene rings is 1. The maximum absolute atomic E-state index is 13.4. The van der Waals surface area contributed by atoms with Crippen LogP contribution in [0.4, 0.5) is 4.39 Å². The molecule has 4 heteroatoms. The summed E-state index contributed by atoms with van der Waals surface area (Å²) in [6.07, 6.45) is 1.65. The Kier molecular flexibility index (Phi) is 3.16. The van der Waals surface area contributed by atoms with E-state index in [1.54, 1.807) is 18.4 Å². The lowest BCUT2D eigenvalue weighted by Crippen LogP contribution is -2.29. The fourth-order valence-electron chi connectivity index (χ4n) is 1.16. The van der Waals surface area contributed by atoms with Crippen molar-refractivity contribution in [2.45, 2.75) is 11.7 Å². The summed E-state index contributed by atoms with van der Waals surface area (Å²) in [5.74, 6) is -1.51. The average Bonchev–Trinajstić information content (AvgIpc) is 2.17. The van der Waals surface area contributed by atoms with E-state index in [9.17, 15) is 9.18 Å². The molecule has 1 unspecified atom stereocenters. The van der Waals surface area contributed by atoms with Crippen molar-refractivity contribution in [2.24, 2.45) is 0 Å². The highest BCUT2D eigenvalue weighted by molar-refractivity contribution is 8.00. The molecule has 1 aromatic carbocycles. The van der Waals surface area contributed by atoms with Crippen LogP contribution in [-0.2, 0) is 9.54 Å². The molecule has 0 heterocycles. The van der Waals surface area contributed by atoms with Crippen LogP contribution in [0.3, 0.4) is 0 Å². The molecule has 0 aliphatic rings. The van der Waals surface area contributed by atoms with Gasteiger partial charge in [-0.2, -0.15) is 0 Å². The van der Waals surface area contributed by atoms with E-state index in [0.717, 1.165) is 11.8 Å². The van der Waals surface area contributed by atoms with Crippen molar-refractivity contribution in [3.05, 3.63) is 35.6 Å². The van der Waals surface area contributed by atoms with E-state index in [1.807, 2.05) is 0 Å². The number of rotatable bonds is 3. The molecule has 2 nitrogen and oxygen atoms in total. The van der Waals surface area contributed by atoms with Crippen LogP contribution in [0.5, 0.6) is 0 Å². The van der Waals surface area contributed by atoms with Crippen LogP contribution in [0, 0.1) is 5.82 Å². The largest absolute Gasteiger partial charge is 0.480 e. The molecule has 76 valence electrons. The van der Waals surface area contributed by atoms with E-state index in [1.165, 1.54) is 19.1 Å². The third kappa shape index (κ3) is 1.75. The first-order chi connectivity index (χ1) is 6.52. The molecular weight excluding hydrogens is 203 g/mol. The van der Waals surface area contributed by atoms with Gasteiger partial charge in [0.25, 0.3) is 0 Å². The molecule has 0 saturated heterocycles. The number of aliphatic carboxylic acids is 1. The molecule has 0 fully saturated rings. The Morgan fingerprint density at radius 3 is 2.50 bits per heavy atom. The molecule has 0 aliphatic carbocycles. The molecule has 0 amide bonds. The first-order valence-corrected chi connectivity index (χ1v) is 5.28. The minimum atomic E-state index is -1.22. The monoisotopic (exact) mass is 214 g/mol. The van der Waals surface area contributed by atoms with Crippen LogP contribution in [0.15, 0.2) is 24.3 Å². The maximum Gasteiger partial charge on any atom is 0.324 e. The molecule has 0 aromatic heterocycles. The highest BCUT2D eigenvalue weighted by Crippen LogP contribution is 2.35. The summed E-state index contributed by atoms with van der Waals surface area (Å²) >= 11 is 1.11. The smallest absolute Gasteiger partial charge is 0.324 e. The van der Waals surface area contributed by atoms with Gasteiger partial charge in [0.2, 0.25) is 0 Å². The zero-order valence-electron chi connectivity index (χ0n) is 7.95. The summed E-state index contributed by atoms with van der Waals surface area (Å²) in [5, 5.41) is 9.02. The Bertz CT molecular complexity index is 354. The van der Waals surface area contributed by atoms with Gasteiger partial charge >= 0.3 is 5.97 Å². The van der Waals surface area contributed by atoms with E-state index >= 15 is 0 Å². The van der Waals surface area contributed by atoms with E-state index in [2.05, 4.69) is 0 Å². The van der Waals surface area contributed by atoms with Gasteiger partial charge < -0.3 is 5.11 Å². The van der Waals surface area contributed by atoms with Gasteiger partial charge in [-0.15, -0.1) is 11.8 Å². The standard InChI is InChI=1S/C10H11FO2S/c1-10(14-2,9(12)13)7-5-3-4-6-8(7)11/h3-6H,1-2H3,(H,12,13). The second-order valence-electron chi connectivity index (χ2n) is 3.02. The lowest BCUT2D eigenvalue weighted by molar-refractivity contribution is -0.139. The van der Waals surface area contributed by atoms with E-state index in [0.29, 0.717) is 0 Å². The predicted molar refractivity (Wildman–Crippen MR) is 54.9 cm³/mol. The number of carboxylic acids is 1. The first-order valence-electron chi connectivity index (χ1n) is 4.06. The van der Waals surface area contributed by atoms with Crippen molar-refractivity contribution in [3.63, 3.8) is 0 Å². The normalized spacial score (nSPS) is 14.8. The van der Waals surface area contributed by atoms with Crippen molar-refractivity contribution >= 4 is 17.7 Å². The Hall–Kier alpha value is -1.03. The van der Waals surface area contributed by atoms with E-state index < -0.39 is 16.5 Å². The third-order valence-electron chi connectivity index (χ3n) is 2.20. The summed E-state index contributed by atoms with van der Waals surface area (Å²) in [6, 6.07) is 5.95. The van der Waals surface area contributed by atoms with Crippen LogP contribution >= 0.6 is 11.8 Å². The Morgan fingerprint density at radius 2 is 2.07 bits per heavy atom. The number of hydrogen-bond donors (Lipinski definition) is 1. The van der Waals surface area contributed by atoms with Crippen molar-refractivity contribution < 1.29 is 14.3 Å². The second kappa shape index (κ2) is 4.00. The Morgan fingerprint density at radius 1 is 1.50 bits per heavy atom. The molecule has 0 spiro atoms. The minimum Gasteiger partial charge on any atom is -0.480 e. The van der Waals surface area contributed by atoms with Crippen LogP contribution < -0.4 is 0 Å². The third-order valence-corrected chi connectivity index (χ3v) is 3.42. The summed E-state index contributed by atoms with van der Waals surface area (Å²) in [4.78, 5) is 11.0. The molecular formula is C10H11FO2S. The highest BCUT2D eigenvalue weighted by atomic mass is 32.2. The van der Waals surface area contributed by atoms with Gasteiger partial charge in [0.1, 0.15) is 10.6 Å². The van der Waals surface area contributed by atoms with Crippen molar-refractivity contribution in [3.8, 4) is 0 Å². The van der Waals surface area contributed by atoms with Crippen LogP contribution in [0.2, 0.25) is 0 Å². The van der Waals surface area contributed by atoms with Crippen LogP contribution in [0.1, 0.15) is 12.5 Å². The number of carbonyl (C=O) groups is 1. The second-order valence-corrected chi connectivity index (χ2v) is 4.25. The molecule has 1 aromatic rings. The topological polar surface area (TPSA) is 37.3 Å². The number of carboxylic acid groups (broad SMARTS) is 1. The minimum absolute atomic E-state index is 0.208. The molecule has 0 bridgehead atoms. The van der Waals surface area contributed by atoms with Crippen molar-refractivity contribution in [1.29, 1.82) is 0 Å². The Balaban J connectivity index is 3.26. The fraction of sp³-hybridized carbons (Fsp3) is 0.300. The Labute approximate surface area is 86.1 Å². The highest BCUT2D eigenvalue weighted by Gasteiger charge is 2.36. The van der Waals surface area contributed by atoms with Gasteiger partial charge in [0.05, 0.1) is 0 Å². The molecule has 1 atom stereocenters. The summed E-state index contributed by atoms with van der Waals surface area (Å²) in [6.45, 7) is 1.50. The SMILES string of the molecule is CSC(C)(C(=O)O)c1ccccc1F. The van der Waals surface area contributed by atoms with Crippen molar-refractivity contribution in [2.75, 3.05) is 6.26 Å². The molecule has 0 aliphatic heterocycles. The fourth-order valence-corrected chi connectivity index (χ4v) is 1.72. The zero-order chi connectivity index (χ0) is 10.8. The molecule has 1 rings (SSSR count). The summed E-state index contributed by atoms with van der Waals surface area (Å²) in [5.41, 5.74) is 0.208. The van der Waals surface area contributed by atoms with Gasteiger partial charge in [-0.05, 0) is 19.2 Å². The summed E-state index contributed by atoms with van der Waals surface area (Å²) < 4.78 is 12.1. The predicted octanol–water partition coefficient (Wildman–Crippen LogP) is 2.49. The first kappa shape index (κ1) is 11.0. The van der Waals surface area contributed by atoms with E-state index in [-0.39, 0.29) is 5.56 Å². The van der Waals surface area contributed by atoms with Crippen molar-refractivity contribution in [1.82, 2.24) is 0 Å². The zero-order valence-corrected chi connectivity index (χ0v) is 8.77. The van der Waals surface area contributed by atoms with Gasteiger partial charge in [-0.1, -0.05) is 18.2 Å². The average molecular weight is 214 g/mol. The lowest BCUT2D eigenvalue weighted by atomic mass is 10.00. The quantitative estimate of drug-likeness (QED) is 0.840. The maximum atomic E-state index is 13.4.